The highest BCUT2D eigenvalue weighted by molar-refractivity contribution is 8.00. The average molecular weight is 602 g/mol. The molecule has 0 aliphatic carbocycles. The standard InChI is InChI=1S/C24H28N10O5S2/c1-3-39-30-15(18-29-24(25)41-31-18)20(35)28-16-21(36)34-17(23(37)38)13(11-40-22(16)34)10-32-8-4-6-14-19(32)27-12-33(14)9-5-7-26-2/h4,6,8,12,16,22,26H,3,5,7,9-11H2,1-2H3,(H3-,25,28,29,31,35,37,38)/p+1/b30-15-/t16-,22?/m1/s1. The highest BCUT2D eigenvalue weighted by Gasteiger charge is 2.54. The fourth-order valence-corrected chi connectivity index (χ4v) is 6.45. The Balaban J connectivity index is 1.35. The molecule has 41 heavy (non-hydrogen) atoms. The summed E-state index contributed by atoms with van der Waals surface area (Å²) < 4.78 is 7.95. The van der Waals surface area contributed by atoms with Gasteiger partial charge in [0.25, 0.3) is 11.8 Å². The van der Waals surface area contributed by atoms with Crippen molar-refractivity contribution in [3.8, 4) is 0 Å². The lowest BCUT2D eigenvalue weighted by Gasteiger charge is -2.49. The number of amides is 2. The first kappa shape index (κ1) is 28.4. The summed E-state index contributed by atoms with van der Waals surface area (Å²) in [5, 5.41) is 19.2. The van der Waals surface area contributed by atoms with E-state index in [1.807, 2.05) is 29.9 Å². The van der Waals surface area contributed by atoms with Crippen LogP contribution in [0.1, 0.15) is 19.2 Å². The molecule has 15 nitrogen and oxygen atoms in total. The van der Waals surface area contributed by atoms with E-state index in [2.05, 4.69) is 34.7 Å². The van der Waals surface area contributed by atoms with E-state index in [1.165, 1.54) is 16.7 Å². The van der Waals surface area contributed by atoms with Crippen LogP contribution in [-0.2, 0) is 32.3 Å². The van der Waals surface area contributed by atoms with Gasteiger partial charge < -0.3 is 30.9 Å². The summed E-state index contributed by atoms with van der Waals surface area (Å²) in [7, 11) is 1.91. The Hall–Kier alpha value is -4.09. The molecule has 0 aromatic carbocycles. The van der Waals surface area contributed by atoms with Gasteiger partial charge in [-0.15, -0.1) is 11.8 Å². The Labute approximate surface area is 242 Å². The van der Waals surface area contributed by atoms with Crippen molar-refractivity contribution in [1.29, 1.82) is 0 Å². The number of pyridine rings is 1. The number of fused-ring (bicyclic) bond motifs is 2. The summed E-state index contributed by atoms with van der Waals surface area (Å²) in [5.74, 6) is -2.16. The minimum atomic E-state index is -1.21. The molecule has 2 atom stereocenters. The topological polar surface area (TPSA) is 194 Å². The average Bonchev–Trinajstić information content (AvgIpc) is 3.58. The number of nitrogens with zero attached hydrogens (tertiary/aromatic N) is 7. The van der Waals surface area contributed by atoms with Gasteiger partial charge in [0.05, 0.1) is 6.20 Å². The number of aryl methyl sites for hydroxylation is 1. The van der Waals surface area contributed by atoms with E-state index in [4.69, 9.17) is 10.6 Å². The molecule has 2 amide bonds. The molecule has 3 aromatic rings. The number of carbonyl (C=O) groups excluding carboxylic acids is 2. The van der Waals surface area contributed by atoms with Gasteiger partial charge in [-0.2, -0.15) is 9.36 Å². The number of imidazole rings is 1. The van der Waals surface area contributed by atoms with E-state index in [0.717, 1.165) is 42.2 Å². The number of nitrogen functional groups attached to an aromatic ring is 1. The summed E-state index contributed by atoms with van der Waals surface area (Å²) >= 11 is 2.26. The third kappa shape index (κ3) is 5.59. The summed E-state index contributed by atoms with van der Waals surface area (Å²) in [6.07, 6.45) is 4.56. The number of β-lactam (4-membered cyclic amide) rings is 1. The highest BCUT2D eigenvalue weighted by atomic mass is 32.2. The minimum absolute atomic E-state index is 0.0255. The van der Waals surface area contributed by atoms with Crippen LogP contribution in [0.3, 0.4) is 0 Å². The van der Waals surface area contributed by atoms with E-state index in [9.17, 15) is 19.5 Å². The van der Waals surface area contributed by atoms with Crippen LogP contribution in [0.15, 0.2) is 41.1 Å². The van der Waals surface area contributed by atoms with Crippen molar-refractivity contribution < 1.29 is 28.9 Å². The summed E-state index contributed by atoms with van der Waals surface area (Å²) in [6.45, 7) is 3.81. The predicted octanol–water partition coefficient (Wildman–Crippen LogP) is -0.454. The van der Waals surface area contributed by atoms with Gasteiger partial charge >= 0.3 is 11.6 Å². The van der Waals surface area contributed by atoms with Crippen molar-refractivity contribution in [3.63, 3.8) is 0 Å². The fourth-order valence-electron chi connectivity index (χ4n) is 4.68. The summed E-state index contributed by atoms with van der Waals surface area (Å²) in [4.78, 5) is 53.5. The minimum Gasteiger partial charge on any atom is -0.477 e. The van der Waals surface area contributed by atoms with Crippen molar-refractivity contribution in [2.24, 2.45) is 5.16 Å². The number of aromatic nitrogens is 5. The molecule has 5 N–H and O–H groups in total. The normalized spacial score (nSPS) is 18.8. The van der Waals surface area contributed by atoms with Gasteiger partial charge in [-0.3, -0.25) is 14.5 Å². The molecule has 0 spiro atoms. The van der Waals surface area contributed by atoms with E-state index in [0.29, 0.717) is 11.3 Å². The number of carboxylic acids is 1. The number of nitrogens with one attached hydrogen (secondary N) is 2. The van der Waals surface area contributed by atoms with Crippen LogP contribution < -0.4 is 20.9 Å². The quantitative estimate of drug-likeness (QED) is 0.0690. The first-order valence-corrected chi connectivity index (χ1v) is 14.6. The van der Waals surface area contributed by atoms with Crippen LogP contribution in [0.2, 0.25) is 0 Å². The largest absolute Gasteiger partial charge is 0.477 e. The molecule has 5 heterocycles. The van der Waals surface area contributed by atoms with Gasteiger partial charge in [-0.1, -0.05) is 5.16 Å². The van der Waals surface area contributed by atoms with Crippen molar-refractivity contribution in [3.05, 3.63) is 41.8 Å². The van der Waals surface area contributed by atoms with Crippen LogP contribution in [-0.4, -0.2) is 89.8 Å². The Morgan fingerprint density at radius 1 is 1.39 bits per heavy atom. The zero-order chi connectivity index (χ0) is 29.1. The number of hydrogen-bond donors (Lipinski definition) is 4. The Morgan fingerprint density at radius 2 is 2.22 bits per heavy atom. The molecule has 1 unspecified atom stereocenters. The second-order valence-corrected chi connectivity index (χ2v) is 11.1. The van der Waals surface area contributed by atoms with Crippen molar-refractivity contribution >= 4 is 63.1 Å². The van der Waals surface area contributed by atoms with Crippen LogP contribution >= 0.6 is 23.3 Å². The number of nitrogens with two attached hydrogens (primary N) is 1. The first-order valence-electron chi connectivity index (χ1n) is 12.8. The van der Waals surface area contributed by atoms with Crippen molar-refractivity contribution in [2.45, 2.75) is 37.8 Å². The van der Waals surface area contributed by atoms with Gasteiger partial charge in [-0.05, 0) is 44.1 Å². The lowest BCUT2D eigenvalue weighted by molar-refractivity contribution is -0.664. The number of rotatable bonds is 12. The van der Waals surface area contributed by atoms with Gasteiger partial charge in [0, 0.05) is 29.4 Å². The number of oxime groups is 1. The zero-order valence-corrected chi connectivity index (χ0v) is 23.9. The van der Waals surface area contributed by atoms with E-state index in [1.54, 1.807) is 13.3 Å². The Morgan fingerprint density at radius 3 is 2.93 bits per heavy atom. The molecule has 2 aliphatic heterocycles. The molecule has 5 rings (SSSR count). The highest BCUT2D eigenvalue weighted by Crippen LogP contribution is 2.40. The number of carbonyl (C=O) groups is 3. The van der Waals surface area contributed by atoms with E-state index < -0.39 is 29.2 Å². The van der Waals surface area contributed by atoms with Gasteiger partial charge in [0.1, 0.15) is 35.8 Å². The Bertz CT molecular complexity index is 1550. The van der Waals surface area contributed by atoms with Crippen molar-refractivity contribution in [2.75, 3.05) is 31.7 Å². The van der Waals surface area contributed by atoms with Crippen LogP contribution in [0.5, 0.6) is 0 Å². The monoisotopic (exact) mass is 601 g/mol. The molecule has 1 saturated heterocycles. The molecule has 216 valence electrons. The molecule has 17 heteroatoms. The second kappa shape index (κ2) is 12.2. The fraction of sp³-hybridized carbons (Fsp3) is 0.417. The van der Waals surface area contributed by atoms with Crippen LogP contribution in [0, 0.1) is 0 Å². The van der Waals surface area contributed by atoms with Gasteiger partial charge in [0.15, 0.2) is 5.13 Å². The molecule has 3 aromatic heterocycles. The number of thioether (sulfide) groups is 1. The van der Waals surface area contributed by atoms with Gasteiger partial charge in [0.2, 0.25) is 17.9 Å². The molecule has 1 fully saturated rings. The summed E-state index contributed by atoms with van der Waals surface area (Å²) in [6, 6.07) is 2.90. The lowest BCUT2D eigenvalue weighted by Crippen LogP contribution is -2.71. The smallest absolute Gasteiger partial charge is 0.352 e. The predicted molar refractivity (Wildman–Crippen MR) is 151 cm³/mol. The van der Waals surface area contributed by atoms with Crippen LogP contribution in [0.25, 0.3) is 11.2 Å². The van der Waals surface area contributed by atoms with Crippen LogP contribution in [0.4, 0.5) is 5.13 Å². The molecule has 0 radical (unpaired) electrons. The maximum Gasteiger partial charge on any atom is 0.352 e. The Kier molecular flexibility index (Phi) is 8.46. The zero-order valence-electron chi connectivity index (χ0n) is 22.3. The third-order valence-corrected chi connectivity index (χ3v) is 8.41. The first-order chi connectivity index (χ1) is 19.8. The van der Waals surface area contributed by atoms with E-state index >= 15 is 0 Å². The molecular formula is C24H29N10O5S2+. The van der Waals surface area contributed by atoms with Gasteiger partial charge in [-0.25, -0.2) is 9.36 Å². The lowest BCUT2D eigenvalue weighted by atomic mass is 10.0. The molecule has 0 saturated carbocycles. The number of aliphatic carboxylic acids is 1. The number of carboxylic acid groups (broad SMARTS) is 1. The second-order valence-electron chi connectivity index (χ2n) is 9.17. The molecule has 0 bridgehead atoms. The molecule has 2 aliphatic rings. The maximum absolute atomic E-state index is 13.2. The molecular weight excluding hydrogens is 572 g/mol. The summed E-state index contributed by atoms with van der Waals surface area (Å²) in [5.41, 5.74) is 7.56. The van der Waals surface area contributed by atoms with Crippen molar-refractivity contribution in [1.82, 2.24) is 34.4 Å². The number of hydrogen-bond acceptors (Lipinski definition) is 12. The SMILES string of the molecule is CCO/N=C(\C(=O)N[C@@H]1C(=O)N2C(C(=O)O)=C(C[n+]3cccc4c3ncn4CCCNC)CSC12)c1nsc(N)n1. The third-order valence-electron chi connectivity index (χ3n) is 6.53. The number of anilines is 1. The van der Waals surface area contributed by atoms with E-state index in [-0.39, 0.29) is 35.5 Å². The maximum atomic E-state index is 13.2.